The third kappa shape index (κ3) is 25.4. The van der Waals surface area contributed by atoms with Crippen LogP contribution in [0.3, 0.4) is 0 Å². The molecule has 0 aromatic heterocycles. The summed E-state index contributed by atoms with van der Waals surface area (Å²) in [6.45, 7) is 10.7. The number of nitrogens with one attached hydrogen (secondary N) is 2. The van der Waals surface area contributed by atoms with Crippen LogP contribution in [-0.2, 0) is 36.6 Å². The van der Waals surface area contributed by atoms with Gasteiger partial charge in [-0.1, -0.05) is 36.1 Å². The molecular formula is C38H55N2O11Sn. The maximum absolute atomic E-state index is 11.9. The van der Waals surface area contributed by atoms with E-state index < -0.39 is 67.2 Å². The fourth-order valence-corrected chi connectivity index (χ4v) is 3.60. The summed E-state index contributed by atoms with van der Waals surface area (Å²) >= 11 is -0.543. The van der Waals surface area contributed by atoms with Crippen molar-refractivity contribution in [2.24, 2.45) is 0 Å². The van der Waals surface area contributed by atoms with Gasteiger partial charge in [-0.15, -0.1) is 12.8 Å². The molecule has 0 saturated heterocycles. The van der Waals surface area contributed by atoms with Crippen molar-refractivity contribution < 1.29 is 53.4 Å². The van der Waals surface area contributed by atoms with Gasteiger partial charge in [0.25, 0.3) is 0 Å². The van der Waals surface area contributed by atoms with Crippen LogP contribution in [0.5, 0.6) is 11.5 Å². The molecule has 2 aromatic carbocycles. The number of benzene rings is 2. The number of hydrogen-bond acceptors (Lipinski definition) is 9. The standard InChI is InChI=1S/C18H23NO5.C17H21NO5.3CH3.H2O.Sn/c1-6-11-23-14-9-7-13(8-10-14)12-15(16(20)22-5)19-17(21)24-18(2,3)4;1-5-10-22-13-8-6-12(7-9-13)11-14(15(19)20)18-16(21)23-17(2,3)4;;;;;/h1,7-10,15H,11-12H2,2-5H3,(H,19,21);1,6-9,14H,10-11H2,2-4H3,(H,18,21)(H,19,20);3*1H3;1H2;. The van der Waals surface area contributed by atoms with Gasteiger partial charge in [-0.05, 0) is 76.9 Å². The van der Waals surface area contributed by atoms with Gasteiger partial charge in [-0.25, -0.2) is 19.2 Å². The van der Waals surface area contributed by atoms with E-state index in [1.54, 1.807) is 90.1 Å². The summed E-state index contributed by atoms with van der Waals surface area (Å²) in [4.78, 5) is 53.8. The normalized spacial score (nSPS) is 11.4. The van der Waals surface area contributed by atoms with Crippen molar-refractivity contribution in [3.63, 3.8) is 0 Å². The van der Waals surface area contributed by atoms with Crippen LogP contribution < -0.4 is 20.1 Å². The molecule has 1 radical (unpaired) electrons. The molecule has 5 N–H and O–H groups in total. The van der Waals surface area contributed by atoms with Crippen LogP contribution in [0.1, 0.15) is 52.7 Å². The van der Waals surface area contributed by atoms with Crippen molar-refractivity contribution in [3.05, 3.63) is 59.7 Å². The molecule has 0 bridgehead atoms. The molecule has 2 atom stereocenters. The van der Waals surface area contributed by atoms with Crippen molar-refractivity contribution in [3.8, 4) is 36.2 Å². The molecule has 2 unspecified atom stereocenters. The summed E-state index contributed by atoms with van der Waals surface area (Å²) in [5.41, 5.74) is 0.222. The first-order valence-electron chi connectivity index (χ1n) is 16.1. The Morgan fingerprint density at radius 3 is 1.33 bits per heavy atom. The Morgan fingerprint density at radius 1 is 0.712 bits per heavy atom. The predicted octanol–water partition coefficient (Wildman–Crippen LogP) is 5.07. The zero-order valence-corrected chi connectivity index (χ0v) is 34.7. The monoisotopic (exact) mass is 835 g/mol. The number of ether oxygens (including phenoxy) is 5. The molecule has 14 heteroatoms. The molecule has 0 fully saturated rings. The number of carbonyl (C=O) groups excluding carboxylic acids is 3. The first-order valence-corrected chi connectivity index (χ1v) is 24.6. The molecule has 0 aliphatic rings. The quantitative estimate of drug-likeness (QED) is 0.113. The van der Waals surface area contributed by atoms with Gasteiger partial charge in [0, 0.05) is 12.8 Å². The molecule has 287 valence electrons. The van der Waals surface area contributed by atoms with Gasteiger partial charge in [0.05, 0.1) is 7.11 Å². The zero-order valence-electron chi connectivity index (χ0n) is 31.9. The molecular weight excluding hydrogens is 779 g/mol. The van der Waals surface area contributed by atoms with E-state index in [-0.39, 0.29) is 31.5 Å². The Labute approximate surface area is 315 Å². The molecule has 52 heavy (non-hydrogen) atoms. The van der Waals surface area contributed by atoms with Crippen molar-refractivity contribution in [1.82, 2.24) is 10.6 Å². The fraction of sp³-hybridized carbons (Fsp3) is 0.474. The van der Waals surface area contributed by atoms with E-state index in [9.17, 15) is 24.3 Å². The summed E-state index contributed by atoms with van der Waals surface area (Å²) in [6, 6.07) is 12.0. The van der Waals surface area contributed by atoms with E-state index in [0.29, 0.717) is 11.5 Å². The van der Waals surface area contributed by atoms with Crippen LogP contribution in [-0.4, -0.2) is 98.1 Å². The third-order valence-electron chi connectivity index (χ3n) is 5.54. The number of carboxylic acid groups (broad SMARTS) is 1. The van der Waals surface area contributed by atoms with Crippen LogP contribution in [0.4, 0.5) is 9.59 Å². The zero-order chi connectivity index (χ0) is 39.2. The van der Waals surface area contributed by atoms with Gasteiger partial charge in [0.2, 0.25) is 0 Å². The Balaban J connectivity index is 0. The number of carboxylic acids is 1. The SMILES string of the molecule is C#CCOc1ccc(CC(NC(=O)OC(C)(C)C)C(=O)O)cc1.C#CCOc1ccc(CC(NC(=O)OC(C)(C)C)C(=O)OC)cc1.O.[CH3][Sn]([CH3])[CH3]. The minimum atomic E-state index is -1.14. The predicted molar refractivity (Wildman–Crippen MR) is 202 cm³/mol. The van der Waals surface area contributed by atoms with Crippen molar-refractivity contribution >= 4 is 43.9 Å². The van der Waals surface area contributed by atoms with Crippen LogP contribution in [0.25, 0.3) is 0 Å². The number of terminal acetylenes is 2. The Bertz CT molecular complexity index is 1450. The average Bonchev–Trinajstić information content (AvgIpc) is 3.01. The fourth-order valence-electron chi connectivity index (χ4n) is 3.60. The average molecular weight is 835 g/mol. The van der Waals surface area contributed by atoms with Gasteiger partial charge >= 0.3 is 58.7 Å². The van der Waals surface area contributed by atoms with Crippen molar-refractivity contribution in [2.75, 3.05) is 20.3 Å². The van der Waals surface area contributed by atoms with E-state index in [0.717, 1.165) is 11.1 Å². The summed E-state index contributed by atoms with van der Waals surface area (Å²) in [5, 5.41) is 14.1. The molecule has 2 amide bonds. The van der Waals surface area contributed by atoms with Crippen LogP contribution >= 0.6 is 0 Å². The molecule has 0 aliphatic heterocycles. The summed E-state index contributed by atoms with van der Waals surface area (Å²) in [6.07, 6.45) is 9.19. The second kappa shape index (κ2) is 25.4. The summed E-state index contributed by atoms with van der Waals surface area (Å²) < 4.78 is 25.5. The number of carbonyl (C=O) groups is 4. The molecule has 0 aliphatic carbocycles. The molecule has 2 aromatic rings. The molecule has 0 heterocycles. The second-order valence-corrected chi connectivity index (χ2v) is 22.0. The van der Waals surface area contributed by atoms with Crippen LogP contribution in [0.2, 0.25) is 14.8 Å². The Kier molecular flexibility index (Phi) is 24.2. The topological polar surface area (TPSA) is 190 Å². The Morgan fingerprint density at radius 2 is 1.04 bits per heavy atom. The number of rotatable bonds is 12. The number of methoxy groups -OCH3 is 1. The van der Waals surface area contributed by atoms with E-state index >= 15 is 0 Å². The molecule has 0 saturated carbocycles. The van der Waals surface area contributed by atoms with E-state index in [1.165, 1.54) is 7.11 Å². The van der Waals surface area contributed by atoms with E-state index in [1.807, 2.05) is 0 Å². The molecule has 13 nitrogen and oxygen atoms in total. The maximum atomic E-state index is 11.9. The van der Waals surface area contributed by atoms with E-state index in [2.05, 4.69) is 37.3 Å². The first-order chi connectivity index (χ1) is 23.7. The number of esters is 1. The number of aliphatic carboxylic acids is 1. The number of amides is 2. The summed E-state index contributed by atoms with van der Waals surface area (Å²) in [5.74, 6) is 4.28. The molecule has 0 spiro atoms. The van der Waals surface area contributed by atoms with Gasteiger partial charge in [-0.2, -0.15) is 0 Å². The second-order valence-electron chi connectivity index (χ2n) is 13.4. The van der Waals surface area contributed by atoms with Gasteiger partial charge in [-0.3, -0.25) is 0 Å². The van der Waals surface area contributed by atoms with Crippen molar-refractivity contribution in [1.29, 1.82) is 0 Å². The van der Waals surface area contributed by atoms with Crippen molar-refractivity contribution in [2.45, 2.75) is 92.5 Å². The summed E-state index contributed by atoms with van der Waals surface area (Å²) in [7, 11) is 1.27. The van der Waals surface area contributed by atoms with Gasteiger partial charge in [0.15, 0.2) is 0 Å². The van der Waals surface area contributed by atoms with Crippen LogP contribution in [0.15, 0.2) is 48.5 Å². The van der Waals surface area contributed by atoms with E-state index in [4.69, 9.17) is 36.5 Å². The first kappa shape index (κ1) is 49.5. The number of hydrogen-bond donors (Lipinski definition) is 3. The van der Waals surface area contributed by atoms with Gasteiger partial charge in [0.1, 0.15) is 48.0 Å². The van der Waals surface area contributed by atoms with Crippen LogP contribution in [0, 0.1) is 24.7 Å². The third-order valence-corrected chi connectivity index (χ3v) is 5.54. The number of alkyl carbamates (subject to hydrolysis) is 2. The Hall–Kier alpha value is -4.60. The minimum absolute atomic E-state index is 0. The van der Waals surface area contributed by atoms with Gasteiger partial charge < -0.3 is 44.9 Å². The molecule has 2 rings (SSSR count).